The molecule has 1 N–H and O–H groups in total. The van der Waals surface area contributed by atoms with Gasteiger partial charge in [0.25, 0.3) is 0 Å². The van der Waals surface area contributed by atoms with Gasteiger partial charge in [-0.05, 0) is 6.42 Å². The second kappa shape index (κ2) is 6.47. The minimum absolute atomic E-state index is 0.0752. The van der Waals surface area contributed by atoms with Gasteiger partial charge in [-0.1, -0.05) is 39.5 Å². The van der Waals surface area contributed by atoms with Gasteiger partial charge in [-0.15, -0.1) is 0 Å². The number of aromatic nitrogens is 4. The highest BCUT2D eigenvalue weighted by Crippen LogP contribution is 2.29. The molecule has 0 amide bonds. The zero-order chi connectivity index (χ0) is 15.5. The van der Waals surface area contributed by atoms with Gasteiger partial charge in [-0.25, -0.2) is 9.97 Å². The van der Waals surface area contributed by atoms with Crippen molar-refractivity contribution in [1.82, 2.24) is 19.7 Å². The van der Waals surface area contributed by atoms with Gasteiger partial charge in [0.2, 0.25) is 0 Å². The van der Waals surface area contributed by atoms with Crippen molar-refractivity contribution < 1.29 is 0 Å². The van der Waals surface area contributed by atoms with Gasteiger partial charge < -0.3 is 5.32 Å². The molecule has 0 aromatic carbocycles. The van der Waals surface area contributed by atoms with Gasteiger partial charge >= 0.3 is 0 Å². The Morgan fingerprint density at radius 3 is 2.62 bits per heavy atom. The molecule has 0 fully saturated rings. The molecule has 2 aromatic rings. The fraction of sp³-hybridized carbons (Fsp3) is 0.533. The molecule has 0 aliphatic rings. The van der Waals surface area contributed by atoms with E-state index in [1.807, 2.05) is 25.5 Å². The third kappa shape index (κ3) is 4.46. The zero-order valence-corrected chi connectivity index (χ0v) is 14.2. The maximum atomic E-state index is 4.69. The van der Waals surface area contributed by atoms with Crippen LogP contribution in [0, 0.1) is 0 Å². The molecule has 0 spiro atoms. The van der Waals surface area contributed by atoms with Crippen LogP contribution in [0.15, 0.2) is 28.4 Å². The van der Waals surface area contributed by atoms with Gasteiger partial charge in [0, 0.05) is 31.3 Å². The van der Waals surface area contributed by atoms with Gasteiger partial charge in [0.1, 0.15) is 16.7 Å². The highest BCUT2D eigenvalue weighted by molar-refractivity contribution is 7.99. The van der Waals surface area contributed by atoms with Gasteiger partial charge in [0.15, 0.2) is 0 Å². The van der Waals surface area contributed by atoms with Crippen LogP contribution in [-0.2, 0) is 12.5 Å². The molecule has 5 nitrogen and oxygen atoms in total. The number of nitrogens with one attached hydrogen (secondary N) is 1. The number of rotatable bonds is 5. The first-order chi connectivity index (χ1) is 9.88. The molecule has 0 bridgehead atoms. The Kier molecular flexibility index (Phi) is 4.88. The molecule has 2 heterocycles. The second-order valence-corrected chi connectivity index (χ2v) is 7.14. The lowest BCUT2D eigenvalue weighted by atomic mass is 9.96. The molecule has 0 aliphatic carbocycles. The van der Waals surface area contributed by atoms with Crippen LogP contribution in [0.4, 0.5) is 5.82 Å². The maximum absolute atomic E-state index is 4.69. The van der Waals surface area contributed by atoms with E-state index < -0.39 is 0 Å². The molecule has 6 heteroatoms. The van der Waals surface area contributed by atoms with Crippen molar-refractivity contribution in [2.75, 3.05) is 11.9 Å². The number of hydrogen-bond acceptors (Lipinski definition) is 5. The van der Waals surface area contributed by atoms with Crippen molar-refractivity contribution in [2.45, 2.75) is 49.5 Å². The molecule has 0 saturated carbocycles. The standard InChI is InChI=1S/C15H23N5S/c1-6-7-16-12-8-13(19-14(18-12)15(2,3)4)21-11-9-17-20(5)10-11/h8-10H,6-7H2,1-5H3,(H,16,18,19). The largest absolute Gasteiger partial charge is 0.370 e. The molecular weight excluding hydrogens is 282 g/mol. The van der Waals surface area contributed by atoms with Crippen molar-refractivity contribution >= 4 is 17.6 Å². The third-order valence-electron chi connectivity index (χ3n) is 2.83. The molecule has 0 radical (unpaired) electrons. The Bertz CT molecular complexity index is 600. The fourth-order valence-electron chi connectivity index (χ4n) is 1.73. The number of aryl methyl sites for hydroxylation is 1. The average molecular weight is 305 g/mol. The van der Waals surface area contributed by atoms with Crippen molar-refractivity contribution in [3.05, 3.63) is 24.3 Å². The summed E-state index contributed by atoms with van der Waals surface area (Å²) < 4.78 is 1.80. The first-order valence-corrected chi connectivity index (χ1v) is 8.00. The third-order valence-corrected chi connectivity index (χ3v) is 3.70. The van der Waals surface area contributed by atoms with Crippen LogP contribution in [0.25, 0.3) is 0 Å². The number of anilines is 1. The van der Waals surface area contributed by atoms with Gasteiger partial charge in [0.05, 0.1) is 11.1 Å². The predicted molar refractivity (Wildman–Crippen MR) is 86.8 cm³/mol. The quantitative estimate of drug-likeness (QED) is 0.857. The van der Waals surface area contributed by atoms with Crippen LogP contribution < -0.4 is 5.32 Å². The minimum Gasteiger partial charge on any atom is -0.370 e. The summed E-state index contributed by atoms with van der Waals surface area (Å²) in [4.78, 5) is 10.4. The topological polar surface area (TPSA) is 55.6 Å². The van der Waals surface area contributed by atoms with Crippen LogP contribution in [-0.4, -0.2) is 26.3 Å². The molecule has 21 heavy (non-hydrogen) atoms. The van der Waals surface area contributed by atoms with E-state index in [0.717, 1.165) is 34.5 Å². The minimum atomic E-state index is -0.0752. The monoisotopic (exact) mass is 305 g/mol. The van der Waals surface area contributed by atoms with E-state index in [2.05, 4.69) is 43.1 Å². The summed E-state index contributed by atoms with van der Waals surface area (Å²) in [6.07, 6.45) is 4.91. The lowest BCUT2D eigenvalue weighted by molar-refractivity contribution is 0.539. The Morgan fingerprint density at radius 2 is 2.05 bits per heavy atom. The Morgan fingerprint density at radius 1 is 1.29 bits per heavy atom. The first-order valence-electron chi connectivity index (χ1n) is 7.18. The lowest BCUT2D eigenvalue weighted by Crippen LogP contribution is -2.17. The van der Waals surface area contributed by atoms with Crippen LogP contribution in [0.1, 0.15) is 39.9 Å². The summed E-state index contributed by atoms with van der Waals surface area (Å²) in [6.45, 7) is 9.45. The van der Waals surface area contributed by atoms with Crippen molar-refractivity contribution in [3.63, 3.8) is 0 Å². The Balaban J connectivity index is 2.30. The Labute approximate surface area is 130 Å². The first kappa shape index (κ1) is 15.8. The van der Waals surface area contributed by atoms with Crippen molar-refractivity contribution in [2.24, 2.45) is 7.05 Å². The van der Waals surface area contributed by atoms with E-state index in [-0.39, 0.29) is 5.41 Å². The van der Waals surface area contributed by atoms with Crippen molar-refractivity contribution in [3.8, 4) is 0 Å². The van der Waals surface area contributed by atoms with E-state index >= 15 is 0 Å². The zero-order valence-electron chi connectivity index (χ0n) is 13.3. The van der Waals surface area contributed by atoms with E-state index in [4.69, 9.17) is 4.98 Å². The van der Waals surface area contributed by atoms with E-state index in [9.17, 15) is 0 Å². The Hall–Kier alpha value is -1.56. The summed E-state index contributed by atoms with van der Waals surface area (Å²) in [5.74, 6) is 1.75. The lowest BCUT2D eigenvalue weighted by Gasteiger charge is -2.18. The summed E-state index contributed by atoms with van der Waals surface area (Å²) in [6, 6.07) is 2.00. The molecule has 114 valence electrons. The molecule has 0 unspecified atom stereocenters. The van der Waals surface area contributed by atoms with Crippen LogP contribution >= 0.6 is 11.8 Å². The molecular formula is C15H23N5S. The van der Waals surface area contributed by atoms with E-state index in [0.29, 0.717) is 0 Å². The average Bonchev–Trinajstić information content (AvgIpc) is 2.80. The number of nitrogens with zero attached hydrogens (tertiary/aromatic N) is 4. The summed E-state index contributed by atoms with van der Waals surface area (Å²) in [5.41, 5.74) is -0.0752. The molecule has 0 atom stereocenters. The second-order valence-electron chi connectivity index (χ2n) is 6.04. The SMILES string of the molecule is CCCNc1cc(Sc2cnn(C)c2)nc(C(C)(C)C)n1. The van der Waals surface area contributed by atoms with Crippen LogP contribution in [0.2, 0.25) is 0 Å². The summed E-state index contributed by atoms with van der Waals surface area (Å²) in [5, 5.41) is 8.49. The summed E-state index contributed by atoms with van der Waals surface area (Å²) in [7, 11) is 1.92. The maximum Gasteiger partial charge on any atom is 0.137 e. The van der Waals surface area contributed by atoms with Gasteiger partial charge in [-0.2, -0.15) is 5.10 Å². The highest BCUT2D eigenvalue weighted by atomic mass is 32.2. The highest BCUT2D eigenvalue weighted by Gasteiger charge is 2.19. The molecule has 2 aromatic heterocycles. The van der Waals surface area contributed by atoms with Crippen LogP contribution in [0.5, 0.6) is 0 Å². The van der Waals surface area contributed by atoms with E-state index in [1.165, 1.54) is 0 Å². The summed E-state index contributed by atoms with van der Waals surface area (Å²) >= 11 is 1.61. The van der Waals surface area contributed by atoms with Gasteiger partial charge in [-0.3, -0.25) is 4.68 Å². The van der Waals surface area contributed by atoms with Crippen molar-refractivity contribution in [1.29, 1.82) is 0 Å². The molecule has 0 aliphatic heterocycles. The predicted octanol–water partition coefficient (Wildman–Crippen LogP) is 3.48. The van der Waals surface area contributed by atoms with E-state index in [1.54, 1.807) is 16.4 Å². The van der Waals surface area contributed by atoms with Crippen LogP contribution in [0.3, 0.4) is 0 Å². The molecule has 2 rings (SSSR count). The normalized spacial score (nSPS) is 11.7. The number of hydrogen-bond donors (Lipinski definition) is 1. The fourth-order valence-corrected chi connectivity index (χ4v) is 2.58. The smallest absolute Gasteiger partial charge is 0.137 e. The molecule has 0 saturated heterocycles.